The van der Waals surface area contributed by atoms with Gasteiger partial charge >= 0.3 is 0 Å². The van der Waals surface area contributed by atoms with Gasteiger partial charge in [-0.25, -0.2) is 0 Å². The van der Waals surface area contributed by atoms with Crippen LogP contribution in [0.1, 0.15) is 31.2 Å². The SMILES string of the molecule is CCOc1ccc(C2CCNCC2)cc1OC. The number of hydrogen-bond donors (Lipinski definition) is 1. The number of nitrogens with one attached hydrogen (secondary N) is 1. The van der Waals surface area contributed by atoms with Crippen molar-refractivity contribution < 1.29 is 9.47 Å². The highest BCUT2D eigenvalue weighted by Crippen LogP contribution is 2.33. The van der Waals surface area contributed by atoms with Crippen LogP contribution in [0.3, 0.4) is 0 Å². The summed E-state index contributed by atoms with van der Waals surface area (Å²) >= 11 is 0. The molecule has 0 unspecified atom stereocenters. The summed E-state index contributed by atoms with van der Waals surface area (Å²) < 4.78 is 10.9. The largest absolute Gasteiger partial charge is 0.493 e. The van der Waals surface area contributed by atoms with Crippen molar-refractivity contribution in [1.82, 2.24) is 5.32 Å². The fraction of sp³-hybridized carbons (Fsp3) is 0.571. The first kappa shape index (κ1) is 12.2. The lowest BCUT2D eigenvalue weighted by molar-refractivity contribution is 0.310. The molecule has 1 aliphatic rings. The van der Waals surface area contributed by atoms with Crippen molar-refractivity contribution in [1.29, 1.82) is 0 Å². The number of piperidine rings is 1. The van der Waals surface area contributed by atoms with Crippen LogP contribution in [0.4, 0.5) is 0 Å². The summed E-state index contributed by atoms with van der Waals surface area (Å²) in [5.41, 5.74) is 1.37. The molecule has 1 fully saturated rings. The van der Waals surface area contributed by atoms with Gasteiger partial charge in [-0.15, -0.1) is 0 Å². The molecule has 0 bridgehead atoms. The van der Waals surface area contributed by atoms with Gasteiger partial charge in [0.25, 0.3) is 0 Å². The second-order valence-corrected chi connectivity index (χ2v) is 4.37. The fourth-order valence-electron chi connectivity index (χ4n) is 2.37. The minimum absolute atomic E-state index is 0.654. The third kappa shape index (κ3) is 2.91. The highest BCUT2D eigenvalue weighted by atomic mass is 16.5. The van der Waals surface area contributed by atoms with Crippen LogP contribution in [0.2, 0.25) is 0 Å². The number of hydrogen-bond acceptors (Lipinski definition) is 3. The first-order valence-electron chi connectivity index (χ1n) is 6.36. The summed E-state index contributed by atoms with van der Waals surface area (Å²) in [7, 11) is 1.70. The Balaban J connectivity index is 2.17. The van der Waals surface area contributed by atoms with Crippen LogP contribution in [0.25, 0.3) is 0 Å². The molecule has 0 aromatic heterocycles. The van der Waals surface area contributed by atoms with Gasteiger partial charge in [0.15, 0.2) is 11.5 Å². The lowest BCUT2D eigenvalue weighted by Gasteiger charge is -2.23. The molecule has 0 atom stereocenters. The van der Waals surface area contributed by atoms with Crippen LogP contribution < -0.4 is 14.8 Å². The van der Waals surface area contributed by atoms with Gasteiger partial charge in [-0.2, -0.15) is 0 Å². The van der Waals surface area contributed by atoms with Gasteiger partial charge in [0.1, 0.15) is 0 Å². The van der Waals surface area contributed by atoms with Gasteiger partial charge in [-0.3, -0.25) is 0 Å². The second-order valence-electron chi connectivity index (χ2n) is 4.37. The molecule has 1 saturated heterocycles. The molecule has 0 radical (unpaired) electrons. The van der Waals surface area contributed by atoms with Gasteiger partial charge in [0, 0.05) is 0 Å². The van der Waals surface area contributed by atoms with E-state index in [4.69, 9.17) is 9.47 Å². The van der Waals surface area contributed by atoms with E-state index < -0.39 is 0 Å². The van der Waals surface area contributed by atoms with Crippen LogP contribution in [0.5, 0.6) is 11.5 Å². The van der Waals surface area contributed by atoms with Crippen LogP contribution in [-0.4, -0.2) is 26.8 Å². The molecule has 17 heavy (non-hydrogen) atoms. The summed E-state index contributed by atoms with van der Waals surface area (Å²) in [4.78, 5) is 0. The van der Waals surface area contributed by atoms with Crippen molar-refractivity contribution in [2.75, 3.05) is 26.8 Å². The summed E-state index contributed by atoms with van der Waals surface area (Å²) in [5, 5.41) is 3.39. The molecule has 94 valence electrons. The van der Waals surface area contributed by atoms with Gasteiger partial charge < -0.3 is 14.8 Å². The maximum atomic E-state index is 5.53. The maximum Gasteiger partial charge on any atom is 0.161 e. The zero-order chi connectivity index (χ0) is 12.1. The van der Waals surface area contributed by atoms with E-state index in [2.05, 4.69) is 17.4 Å². The maximum absolute atomic E-state index is 5.53. The molecule has 2 rings (SSSR count). The molecule has 1 aliphatic heterocycles. The molecule has 1 aromatic carbocycles. The average molecular weight is 235 g/mol. The molecular formula is C14H21NO2. The van der Waals surface area contributed by atoms with Gasteiger partial charge in [0.05, 0.1) is 13.7 Å². The topological polar surface area (TPSA) is 30.5 Å². The third-order valence-corrected chi connectivity index (χ3v) is 3.30. The molecule has 3 heteroatoms. The quantitative estimate of drug-likeness (QED) is 0.870. The molecule has 0 spiro atoms. The lowest BCUT2D eigenvalue weighted by atomic mass is 9.90. The predicted molar refractivity (Wildman–Crippen MR) is 69.0 cm³/mol. The zero-order valence-corrected chi connectivity index (χ0v) is 10.7. The molecule has 0 aliphatic carbocycles. The monoisotopic (exact) mass is 235 g/mol. The standard InChI is InChI=1S/C14H21NO2/c1-3-17-13-5-4-12(10-14(13)16-2)11-6-8-15-9-7-11/h4-5,10-11,15H,3,6-9H2,1-2H3. The first-order chi connectivity index (χ1) is 8.35. The van der Waals surface area contributed by atoms with E-state index in [1.165, 1.54) is 18.4 Å². The number of ether oxygens (including phenoxy) is 2. The third-order valence-electron chi connectivity index (χ3n) is 3.30. The van der Waals surface area contributed by atoms with Gasteiger partial charge in [0.2, 0.25) is 0 Å². The molecule has 1 heterocycles. The van der Waals surface area contributed by atoms with Crippen molar-refractivity contribution in [2.45, 2.75) is 25.7 Å². The summed E-state index contributed by atoms with van der Waals surface area (Å²) in [6.45, 7) is 4.88. The van der Waals surface area contributed by atoms with Crippen molar-refractivity contribution in [3.63, 3.8) is 0 Å². The smallest absolute Gasteiger partial charge is 0.161 e. The molecule has 0 saturated carbocycles. The zero-order valence-electron chi connectivity index (χ0n) is 10.7. The van der Waals surface area contributed by atoms with Crippen LogP contribution >= 0.6 is 0 Å². The van der Waals surface area contributed by atoms with Gasteiger partial charge in [-0.05, 0) is 56.5 Å². The van der Waals surface area contributed by atoms with E-state index >= 15 is 0 Å². The van der Waals surface area contributed by atoms with E-state index in [0.29, 0.717) is 12.5 Å². The Morgan fingerprint density at radius 1 is 1.24 bits per heavy atom. The number of benzene rings is 1. The van der Waals surface area contributed by atoms with E-state index in [9.17, 15) is 0 Å². The highest BCUT2D eigenvalue weighted by molar-refractivity contribution is 5.44. The van der Waals surface area contributed by atoms with E-state index in [1.54, 1.807) is 7.11 Å². The van der Waals surface area contributed by atoms with Crippen LogP contribution in [-0.2, 0) is 0 Å². The lowest BCUT2D eigenvalue weighted by Crippen LogP contribution is -2.26. The normalized spacial score (nSPS) is 16.8. The first-order valence-corrected chi connectivity index (χ1v) is 6.36. The highest BCUT2D eigenvalue weighted by Gasteiger charge is 2.16. The Kier molecular flexibility index (Phi) is 4.26. The fourth-order valence-corrected chi connectivity index (χ4v) is 2.37. The predicted octanol–water partition coefficient (Wildman–Crippen LogP) is 2.56. The van der Waals surface area contributed by atoms with Gasteiger partial charge in [-0.1, -0.05) is 6.07 Å². The summed E-state index contributed by atoms with van der Waals surface area (Å²) in [6, 6.07) is 6.32. The van der Waals surface area contributed by atoms with E-state index in [1.807, 2.05) is 13.0 Å². The Hall–Kier alpha value is -1.22. The summed E-state index contributed by atoms with van der Waals surface area (Å²) in [5.74, 6) is 2.34. The molecule has 1 N–H and O–H groups in total. The van der Waals surface area contributed by atoms with Crippen molar-refractivity contribution in [3.8, 4) is 11.5 Å². The van der Waals surface area contributed by atoms with Crippen molar-refractivity contribution in [3.05, 3.63) is 23.8 Å². The Bertz CT molecular complexity index is 359. The minimum Gasteiger partial charge on any atom is -0.493 e. The second kappa shape index (κ2) is 5.92. The van der Waals surface area contributed by atoms with Crippen molar-refractivity contribution in [2.24, 2.45) is 0 Å². The van der Waals surface area contributed by atoms with E-state index in [0.717, 1.165) is 24.6 Å². The van der Waals surface area contributed by atoms with Crippen molar-refractivity contribution >= 4 is 0 Å². The number of methoxy groups -OCH3 is 1. The Labute approximate surface area is 103 Å². The molecule has 0 amide bonds. The Morgan fingerprint density at radius 3 is 2.65 bits per heavy atom. The average Bonchev–Trinajstić information content (AvgIpc) is 2.40. The number of rotatable bonds is 4. The van der Waals surface area contributed by atoms with E-state index in [-0.39, 0.29) is 0 Å². The molecule has 3 nitrogen and oxygen atoms in total. The Morgan fingerprint density at radius 2 is 2.00 bits per heavy atom. The van der Waals surface area contributed by atoms with Crippen LogP contribution in [0.15, 0.2) is 18.2 Å². The molecular weight excluding hydrogens is 214 g/mol. The minimum atomic E-state index is 0.654. The molecule has 1 aromatic rings. The summed E-state index contributed by atoms with van der Waals surface area (Å²) in [6.07, 6.45) is 2.41. The van der Waals surface area contributed by atoms with Crippen LogP contribution in [0, 0.1) is 0 Å².